The first-order valence-electron chi connectivity index (χ1n) is 9.94. The van der Waals surface area contributed by atoms with E-state index in [1.807, 2.05) is 12.1 Å². The lowest BCUT2D eigenvalue weighted by atomic mass is 10.2. The summed E-state index contributed by atoms with van der Waals surface area (Å²) >= 11 is 6.12. The second-order valence-corrected chi connectivity index (χ2v) is 7.36. The van der Waals surface area contributed by atoms with Crippen molar-refractivity contribution >= 4 is 23.4 Å². The first kappa shape index (κ1) is 21.3. The molecule has 0 fully saturated rings. The summed E-state index contributed by atoms with van der Waals surface area (Å²) in [6.07, 6.45) is 5.06. The lowest BCUT2D eigenvalue weighted by Crippen LogP contribution is -2.30. The average molecular weight is 450 g/mol. The Bertz CT molecular complexity index is 1210. The van der Waals surface area contributed by atoms with E-state index >= 15 is 0 Å². The maximum atomic E-state index is 12.7. The number of furan rings is 1. The Labute approximate surface area is 189 Å². The van der Waals surface area contributed by atoms with Gasteiger partial charge in [0.15, 0.2) is 11.5 Å². The van der Waals surface area contributed by atoms with Crippen molar-refractivity contribution in [1.82, 2.24) is 25.4 Å². The number of pyridine rings is 1. The fraction of sp³-hybridized carbons (Fsp3) is 0.130. The molecule has 0 saturated carbocycles. The highest BCUT2D eigenvalue weighted by molar-refractivity contribution is 6.30. The van der Waals surface area contributed by atoms with E-state index in [-0.39, 0.29) is 24.6 Å². The van der Waals surface area contributed by atoms with E-state index in [1.54, 1.807) is 65.8 Å². The summed E-state index contributed by atoms with van der Waals surface area (Å²) in [4.78, 5) is 28.7. The number of halogens is 1. The highest BCUT2D eigenvalue weighted by Crippen LogP contribution is 2.25. The van der Waals surface area contributed by atoms with E-state index in [0.717, 1.165) is 5.56 Å². The Balaban J connectivity index is 1.40. The Morgan fingerprint density at radius 1 is 1.06 bits per heavy atom. The molecule has 0 radical (unpaired) electrons. The predicted octanol–water partition coefficient (Wildman–Crippen LogP) is 3.62. The highest BCUT2D eigenvalue weighted by atomic mass is 35.5. The summed E-state index contributed by atoms with van der Waals surface area (Å²) in [6, 6.07) is 16.0. The molecule has 0 saturated heterocycles. The van der Waals surface area contributed by atoms with Crippen molar-refractivity contribution in [2.75, 3.05) is 6.54 Å². The summed E-state index contributed by atoms with van der Waals surface area (Å²) in [7, 11) is 0. The molecule has 8 nitrogen and oxygen atoms in total. The Hall–Kier alpha value is -3.91. The summed E-state index contributed by atoms with van der Waals surface area (Å²) in [5, 5.41) is 10.5. The molecule has 2 amide bonds. The topological polar surface area (TPSA) is 102 Å². The van der Waals surface area contributed by atoms with Crippen molar-refractivity contribution in [3.63, 3.8) is 0 Å². The number of carbonyl (C=O) groups excluding carboxylic acids is 2. The van der Waals surface area contributed by atoms with Crippen LogP contribution in [-0.4, -0.2) is 33.1 Å². The number of carbonyl (C=O) groups is 2. The van der Waals surface area contributed by atoms with E-state index in [1.165, 1.54) is 0 Å². The van der Waals surface area contributed by atoms with Gasteiger partial charge in [0.1, 0.15) is 5.69 Å². The number of rotatable bonds is 8. The van der Waals surface area contributed by atoms with Gasteiger partial charge in [-0.25, -0.2) is 4.68 Å². The number of hydrogen-bond acceptors (Lipinski definition) is 5. The van der Waals surface area contributed by atoms with Crippen LogP contribution in [0.3, 0.4) is 0 Å². The second kappa shape index (κ2) is 9.93. The third-order valence-corrected chi connectivity index (χ3v) is 4.85. The lowest BCUT2D eigenvalue weighted by molar-refractivity contribution is -0.121. The van der Waals surface area contributed by atoms with Crippen LogP contribution < -0.4 is 10.6 Å². The molecule has 9 heteroatoms. The average Bonchev–Trinajstić information content (AvgIpc) is 3.48. The smallest absolute Gasteiger partial charge is 0.271 e. The molecule has 4 aromatic rings. The molecule has 162 valence electrons. The Morgan fingerprint density at radius 3 is 2.72 bits per heavy atom. The molecule has 1 aromatic carbocycles. The third-order valence-electron chi connectivity index (χ3n) is 4.62. The van der Waals surface area contributed by atoms with Gasteiger partial charge in [0.2, 0.25) is 5.91 Å². The van der Waals surface area contributed by atoms with Gasteiger partial charge in [0, 0.05) is 43.0 Å². The standard InChI is InChI=1S/C23H20ClN5O3/c24-17-5-1-6-18(12-17)29-20(21-7-3-11-32-21)13-19(28-29)23(31)26-10-8-22(30)27-15-16-4-2-9-25-14-16/h1-7,9,11-14H,8,10,15H2,(H,26,31)(H,27,30). The zero-order valence-corrected chi connectivity index (χ0v) is 17.7. The molecule has 0 aliphatic heterocycles. The van der Waals surface area contributed by atoms with E-state index in [0.29, 0.717) is 28.7 Å². The van der Waals surface area contributed by atoms with E-state index in [2.05, 4.69) is 20.7 Å². The fourth-order valence-electron chi connectivity index (χ4n) is 3.07. The largest absolute Gasteiger partial charge is 0.463 e. The quantitative estimate of drug-likeness (QED) is 0.427. The van der Waals surface area contributed by atoms with Crippen LogP contribution in [0.15, 0.2) is 77.7 Å². The zero-order chi connectivity index (χ0) is 22.3. The van der Waals surface area contributed by atoms with Crippen molar-refractivity contribution < 1.29 is 14.0 Å². The molecule has 2 N–H and O–H groups in total. The van der Waals surface area contributed by atoms with Crippen LogP contribution in [0.1, 0.15) is 22.5 Å². The van der Waals surface area contributed by atoms with Crippen LogP contribution >= 0.6 is 11.6 Å². The molecule has 0 aliphatic rings. The molecule has 3 aromatic heterocycles. The predicted molar refractivity (Wildman–Crippen MR) is 119 cm³/mol. The SMILES string of the molecule is O=C(CCNC(=O)c1cc(-c2ccco2)n(-c2cccc(Cl)c2)n1)NCc1cccnc1. The summed E-state index contributed by atoms with van der Waals surface area (Å²) in [5.41, 5.74) is 2.41. The minimum Gasteiger partial charge on any atom is -0.463 e. The molecule has 0 unspecified atom stereocenters. The first-order chi connectivity index (χ1) is 15.6. The van der Waals surface area contributed by atoms with Gasteiger partial charge in [-0.15, -0.1) is 0 Å². The van der Waals surface area contributed by atoms with Gasteiger partial charge in [-0.2, -0.15) is 5.10 Å². The van der Waals surface area contributed by atoms with Crippen molar-refractivity contribution in [3.8, 4) is 17.1 Å². The van der Waals surface area contributed by atoms with E-state index in [9.17, 15) is 9.59 Å². The molecule has 32 heavy (non-hydrogen) atoms. The molecular formula is C23H20ClN5O3. The number of nitrogens with zero attached hydrogens (tertiary/aromatic N) is 3. The number of amides is 2. The zero-order valence-electron chi connectivity index (χ0n) is 17.0. The number of hydrogen-bond donors (Lipinski definition) is 2. The van der Waals surface area contributed by atoms with Gasteiger partial charge in [-0.05, 0) is 42.0 Å². The summed E-state index contributed by atoms with van der Waals surface area (Å²) < 4.78 is 7.10. The first-order valence-corrected chi connectivity index (χ1v) is 10.3. The highest BCUT2D eigenvalue weighted by Gasteiger charge is 2.18. The van der Waals surface area contributed by atoms with Gasteiger partial charge in [-0.1, -0.05) is 23.7 Å². The molecule has 3 heterocycles. The molecule has 0 bridgehead atoms. The lowest BCUT2D eigenvalue weighted by Gasteiger charge is -2.06. The van der Waals surface area contributed by atoms with Gasteiger partial charge >= 0.3 is 0 Å². The molecule has 0 atom stereocenters. The van der Waals surface area contributed by atoms with Gasteiger partial charge in [0.05, 0.1) is 12.0 Å². The minimum absolute atomic E-state index is 0.145. The Morgan fingerprint density at radius 2 is 1.97 bits per heavy atom. The van der Waals surface area contributed by atoms with Crippen molar-refractivity contribution in [2.45, 2.75) is 13.0 Å². The van der Waals surface area contributed by atoms with Crippen LogP contribution in [0.2, 0.25) is 5.02 Å². The van der Waals surface area contributed by atoms with Crippen LogP contribution in [0.4, 0.5) is 0 Å². The van der Waals surface area contributed by atoms with Crippen LogP contribution in [0.5, 0.6) is 0 Å². The van der Waals surface area contributed by atoms with Gasteiger partial charge in [0.25, 0.3) is 5.91 Å². The number of benzene rings is 1. The van der Waals surface area contributed by atoms with E-state index in [4.69, 9.17) is 16.0 Å². The van der Waals surface area contributed by atoms with Gasteiger partial charge in [-0.3, -0.25) is 14.6 Å². The maximum absolute atomic E-state index is 12.7. The van der Waals surface area contributed by atoms with Crippen molar-refractivity contribution in [3.05, 3.63) is 89.5 Å². The second-order valence-electron chi connectivity index (χ2n) is 6.93. The van der Waals surface area contributed by atoms with E-state index < -0.39 is 5.91 Å². The molecule has 0 spiro atoms. The molecular weight excluding hydrogens is 430 g/mol. The number of aromatic nitrogens is 3. The maximum Gasteiger partial charge on any atom is 0.271 e. The summed E-state index contributed by atoms with van der Waals surface area (Å²) in [5.74, 6) is -0.000155. The number of nitrogens with one attached hydrogen (secondary N) is 2. The Kier molecular flexibility index (Phi) is 6.62. The minimum atomic E-state index is -0.390. The monoisotopic (exact) mass is 449 g/mol. The third kappa shape index (κ3) is 5.22. The van der Waals surface area contributed by atoms with Crippen LogP contribution in [0.25, 0.3) is 17.1 Å². The normalized spacial score (nSPS) is 10.7. The van der Waals surface area contributed by atoms with Gasteiger partial charge < -0.3 is 15.1 Å². The molecule has 4 rings (SSSR count). The van der Waals surface area contributed by atoms with Crippen molar-refractivity contribution in [1.29, 1.82) is 0 Å². The van der Waals surface area contributed by atoms with Crippen molar-refractivity contribution in [2.24, 2.45) is 0 Å². The summed E-state index contributed by atoms with van der Waals surface area (Å²) in [6.45, 7) is 0.564. The molecule has 0 aliphatic carbocycles. The van der Waals surface area contributed by atoms with Crippen LogP contribution in [0, 0.1) is 0 Å². The van der Waals surface area contributed by atoms with Crippen LogP contribution in [-0.2, 0) is 11.3 Å². The fourth-order valence-corrected chi connectivity index (χ4v) is 3.25.